The highest BCUT2D eigenvalue weighted by atomic mass is 35.5. The van der Waals surface area contributed by atoms with Gasteiger partial charge in [-0.15, -0.1) is 0 Å². The van der Waals surface area contributed by atoms with Crippen LogP contribution in [0.1, 0.15) is 23.9 Å². The van der Waals surface area contributed by atoms with E-state index in [1.54, 1.807) is 0 Å². The van der Waals surface area contributed by atoms with Crippen LogP contribution in [0.3, 0.4) is 0 Å². The van der Waals surface area contributed by atoms with E-state index in [1.165, 1.54) is 0 Å². The number of anilines is 1. The molecule has 0 aliphatic rings. The summed E-state index contributed by atoms with van der Waals surface area (Å²) in [5, 5.41) is 13.3. The molecule has 0 bridgehead atoms. The highest BCUT2D eigenvalue weighted by Crippen LogP contribution is 2.42. The Morgan fingerprint density at radius 2 is 1.53 bits per heavy atom. The average Bonchev–Trinajstić information content (AvgIpc) is 2.61. The Labute approximate surface area is 175 Å². The summed E-state index contributed by atoms with van der Waals surface area (Å²) in [6, 6.07) is 0.642. The third-order valence-corrected chi connectivity index (χ3v) is 4.43. The number of alkyl halides is 6. The summed E-state index contributed by atoms with van der Waals surface area (Å²) in [7, 11) is 0. The largest absolute Gasteiger partial charge is 0.421 e. The van der Waals surface area contributed by atoms with Crippen molar-refractivity contribution in [3.8, 4) is 0 Å². The Bertz CT molecular complexity index is 910. The van der Waals surface area contributed by atoms with E-state index < -0.39 is 35.1 Å². The topological polar surface area (TPSA) is 87.1 Å². The lowest BCUT2D eigenvalue weighted by Gasteiger charge is -2.27. The van der Waals surface area contributed by atoms with Crippen LogP contribution in [0, 0.1) is 0 Å². The fraction of sp³-hybridized carbons (Fsp3) is 0.312. The molecule has 0 aliphatic heterocycles. The number of hydrogen-bond donors (Lipinski definition) is 3. The van der Waals surface area contributed by atoms with E-state index in [9.17, 15) is 36.2 Å². The molecule has 1 heterocycles. The van der Waals surface area contributed by atoms with Crippen LogP contribution in [0.25, 0.3) is 0 Å². The predicted octanol–water partition coefficient (Wildman–Crippen LogP) is 4.89. The molecule has 164 valence electrons. The van der Waals surface area contributed by atoms with E-state index in [0.29, 0.717) is 19.3 Å². The van der Waals surface area contributed by atoms with Gasteiger partial charge in [0.2, 0.25) is 0 Å². The van der Waals surface area contributed by atoms with E-state index >= 15 is 0 Å². The lowest BCUT2D eigenvalue weighted by Crippen LogP contribution is -2.39. The molecule has 1 atom stereocenters. The Kier molecular flexibility index (Phi) is 6.74. The zero-order valence-corrected chi connectivity index (χ0v) is 16.3. The molecule has 14 heteroatoms. The van der Waals surface area contributed by atoms with Gasteiger partial charge >= 0.3 is 18.4 Å². The minimum Gasteiger partial charge on any atom is -0.376 e. The van der Waals surface area contributed by atoms with Gasteiger partial charge in [0.1, 0.15) is 5.82 Å². The number of amides is 2. The summed E-state index contributed by atoms with van der Waals surface area (Å²) < 4.78 is 76.2. The van der Waals surface area contributed by atoms with Crippen molar-refractivity contribution >= 4 is 34.9 Å². The molecule has 0 unspecified atom stereocenters. The Hall–Kier alpha value is -2.31. The van der Waals surface area contributed by atoms with Crippen molar-refractivity contribution in [2.24, 2.45) is 0 Å². The standard InChI is InChI=1S/C16H12Cl2F6N4O2/c1-14(30,16(22,23)24)7-2-9(17)12(10(18)3-7)28-13(29)27-6-11-25-4-8(5-26-11)15(19,20)21/h2-5,30H,6H2,1H3,(H2,27,28,29)/t14-/m1/s1. The average molecular weight is 477 g/mol. The zero-order valence-electron chi connectivity index (χ0n) is 14.8. The van der Waals surface area contributed by atoms with Crippen LogP contribution in [0.4, 0.5) is 36.8 Å². The smallest absolute Gasteiger partial charge is 0.376 e. The number of halogens is 8. The molecule has 2 amide bonds. The number of aromatic nitrogens is 2. The molecule has 0 saturated carbocycles. The van der Waals surface area contributed by atoms with Gasteiger partial charge in [-0.2, -0.15) is 26.3 Å². The molecule has 0 aliphatic carbocycles. The molecule has 0 saturated heterocycles. The van der Waals surface area contributed by atoms with E-state index in [-0.39, 0.29) is 28.1 Å². The first-order valence-corrected chi connectivity index (χ1v) is 8.60. The summed E-state index contributed by atoms with van der Waals surface area (Å²) in [5.74, 6) is -0.132. The predicted molar refractivity (Wildman–Crippen MR) is 95.0 cm³/mol. The maximum absolute atomic E-state index is 13.0. The number of urea groups is 1. The van der Waals surface area contributed by atoms with Crippen molar-refractivity contribution in [1.29, 1.82) is 0 Å². The number of rotatable bonds is 4. The summed E-state index contributed by atoms with van der Waals surface area (Å²) in [4.78, 5) is 18.9. The number of carbonyl (C=O) groups excluding carboxylic acids is 1. The molecule has 6 nitrogen and oxygen atoms in total. The highest BCUT2D eigenvalue weighted by molar-refractivity contribution is 6.39. The number of benzene rings is 1. The number of hydrogen-bond acceptors (Lipinski definition) is 4. The van der Waals surface area contributed by atoms with E-state index in [2.05, 4.69) is 20.6 Å². The highest BCUT2D eigenvalue weighted by Gasteiger charge is 2.51. The van der Waals surface area contributed by atoms with Gasteiger partial charge in [-0.05, 0) is 24.6 Å². The second-order valence-electron chi connectivity index (χ2n) is 6.08. The molecular formula is C16H12Cl2F6N4O2. The normalized spacial score (nSPS) is 14.2. The number of nitrogens with one attached hydrogen (secondary N) is 2. The zero-order chi connectivity index (χ0) is 22.9. The molecule has 0 fully saturated rings. The Morgan fingerprint density at radius 3 is 1.97 bits per heavy atom. The molecule has 2 rings (SSSR count). The molecule has 0 spiro atoms. The van der Waals surface area contributed by atoms with Gasteiger partial charge in [0, 0.05) is 12.4 Å². The number of carbonyl (C=O) groups is 1. The fourth-order valence-electron chi connectivity index (χ4n) is 2.05. The fourth-order valence-corrected chi connectivity index (χ4v) is 2.63. The lowest BCUT2D eigenvalue weighted by atomic mass is 9.95. The minimum absolute atomic E-state index is 0.132. The maximum Gasteiger partial charge on any atom is 0.421 e. The Balaban J connectivity index is 2.08. The summed E-state index contributed by atoms with van der Waals surface area (Å²) >= 11 is 11.8. The van der Waals surface area contributed by atoms with E-state index in [0.717, 1.165) is 12.1 Å². The lowest BCUT2D eigenvalue weighted by molar-refractivity contribution is -0.258. The quantitative estimate of drug-likeness (QED) is 0.548. The molecule has 3 N–H and O–H groups in total. The van der Waals surface area contributed by atoms with Crippen LogP contribution in [0.5, 0.6) is 0 Å². The van der Waals surface area contributed by atoms with Crippen molar-refractivity contribution in [3.63, 3.8) is 0 Å². The van der Waals surface area contributed by atoms with Gasteiger partial charge < -0.3 is 15.7 Å². The van der Waals surface area contributed by atoms with Crippen LogP contribution < -0.4 is 10.6 Å². The number of aliphatic hydroxyl groups is 1. The van der Waals surface area contributed by atoms with Gasteiger partial charge in [0.25, 0.3) is 0 Å². The van der Waals surface area contributed by atoms with Crippen LogP contribution in [0.15, 0.2) is 24.5 Å². The van der Waals surface area contributed by atoms with Gasteiger partial charge in [0.15, 0.2) is 5.60 Å². The maximum atomic E-state index is 13.0. The minimum atomic E-state index is -5.01. The Morgan fingerprint density at radius 1 is 1.03 bits per heavy atom. The van der Waals surface area contributed by atoms with Crippen molar-refractivity contribution in [1.82, 2.24) is 15.3 Å². The molecule has 1 aromatic carbocycles. The van der Waals surface area contributed by atoms with E-state index in [1.807, 2.05) is 0 Å². The summed E-state index contributed by atoms with van der Waals surface area (Å²) in [6.07, 6.45) is -8.53. The second-order valence-corrected chi connectivity index (χ2v) is 6.89. The van der Waals surface area contributed by atoms with Gasteiger partial charge in [-0.3, -0.25) is 0 Å². The van der Waals surface area contributed by atoms with Crippen molar-refractivity contribution in [2.45, 2.75) is 31.4 Å². The first-order chi connectivity index (χ1) is 13.6. The molecule has 1 aromatic heterocycles. The number of nitrogens with zero attached hydrogens (tertiary/aromatic N) is 2. The van der Waals surface area contributed by atoms with Gasteiger partial charge in [0.05, 0.1) is 27.8 Å². The van der Waals surface area contributed by atoms with Crippen molar-refractivity contribution in [2.75, 3.05) is 5.32 Å². The molecular weight excluding hydrogens is 465 g/mol. The van der Waals surface area contributed by atoms with Crippen LogP contribution in [-0.4, -0.2) is 27.3 Å². The molecule has 30 heavy (non-hydrogen) atoms. The third-order valence-electron chi connectivity index (χ3n) is 3.83. The molecule has 2 aromatic rings. The van der Waals surface area contributed by atoms with E-state index in [4.69, 9.17) is 23.2 Å². The van der Waals surface area contributed by atoms with Crippen LogP contribution in [0.2, 0.25) is 10.0 Å². The monoisotopic (exact) mass is 476 g/mol. The second kappa shape index (κ2) is 8.44. The SMILES string of the molecule is C[C@@](O)(c1cc(Cl)c(NC(=O)NCc2ncc(C(F)(F)F)cn2)c(Cl)c1)C(F)(F)F. The van der Waals surface area contributed by atoms with Gasteiger partial charge in [-0.1, -0.05) is 23.2 Å². The third kappa shape index (κ3) is 5.43. The van der Waals surface area contributed by atoms with Crippen molar-refractivity contribution in [3.05, 3.63) is 51.5 Å². The first-order valence-electron chi connectivity index (χ1n) is 7.84. The van der Waals surface area contributed by atoms with Crippen LogP contribution >= 0.6 is 23.2 Å². The first kappa shape index (κ1) is 24.0. The van der Waals surface area contributed by atoms with Crippen molar-refractivity contribution < 1.29 is 36.2 Å². The molecule has 0 radical (unpaired) electrons. The summed E-state index contributed by atoms with van der Waals surface area (Å²) in [5.41, 5.74) is -5.19. The van der Waals surface area contributed by atoms with Crippen LogP contribution in [-0.2, 0) is 18.3 Å². The van der Waals surface area contributed by atoms with Gasteiger partial charge in [-0.25, -0.2) is 14.8 Å². The summed E-state index contributed by atoms with van der Waals surface area (Å²) in [6.45, 7) is 0.152.